The van der Waals surface area contributed by atoms with Crippen molar-refractivity contribution in [2.45, 2.75) is 38.5 Å². The Labute approximate surface area is 168 Å². The van der Waals surface area contributed by atoms with Crippen molar-refractivity contribution in [1.82, 2.24) is 0 Å². The first-order chi connectivity index (χ1) is 13.8. The van der Waals surface area contributed by atoms with Crippen molar-refractivity contribution < 1.29 is 4.84 Å². The van der Waals surface area contributed by atoms with E-state index in [9.17, 15) is 0 Å². The van der Waals surface area contributed by atoms with Gasteiger partial charge in [-0.25, -0.2) is 0 Å². The summed E-state index contributed by atoms with van der Waals surface area (Å²) in [5.74, 6) is 2.70. The van der Waals surface area contributed by atoms with Crippen LogP contribution in [-0.2, 0) is 4.84 Å². The Balaban J connectivity index is 1.37. The summed E-state index contributed by atoms with van der Waals surface area (Å²) in [5.41, 5.74) is 3.88. The zero-order chi connectivity index (χ0) is 18.8. The zero-order valence-electron chi connectivity index (χ0n) is 16.5. The van der Waals surface area contributed by atoms with Crippen molar-refractivity contribution >= 4 is 11.8 Å². The van der Waals surface area contributed by atoms with Crippen LogP contribution in [0.15, 0.2) is 71.9 Å². The van der Waals surface area contributed by atoms with E-state index in [2.05, 4.69) is 66.7 Å². The van der Waals surface area contributed by atoms with Gasteiger partial charge in [0.05, 0.1) is 5.71 Å². The van der Waals surface area contributed by atoms with Crippen LogP contribution in [0.25, 0.3) is 6.08 Å². The number of nitrogens with zero attached hydrogens (tertiary/aromatic N) is 1. The Kier molecular flexibility index (Phi) is 4.80. The summed E-state index contributed by atoms with van der Waals surface area (Å²) in [7, 11) is 0. The maximum absolute atomic E-state index is 5.86. The van der Waals surface area contributed by atoms with Crippen LogP contribution < -0.4 is 0 Å². The van der Waals surface area contributed by atoms with Gasteiger partial charge in [0.25, 0.3) is 0 Å². The number of hydrogen-bond donors (Lipinski definition) is 0. The lowest BCUT2D eigenvalue weighted by Crippen LogP contribution is -2.50. The predicted octanol–water partition coefficient (Wildman–Crippen LogP) is 6.34. The molecule has 144 valence electrons. The summed E-state index contributed by atoms with van der Waals surface area (Å²) in [6.45, 7) is 0.512. The largest absolute Gasteiger partial charge is 0.391 e. The quantitative estimate of drug-likeness (QED) is 0.330. The van der Waals surface area contributed by atoms with Gasteiger partial charge in [-0.15, -0.1) is 0 Å². The van der Waals surface area contributed by atoms with Crippen LogP contribution in [0.5, 0.6) is 0 Å². The average molecular weight is 372 g/mol. The molecular formula is C26H29NO. The highest BCUT2D eigenvalue weighted by molar-refractivity contribution is 6.04. The third-order valence-corrected chi connectivity index (χ3v) is 7.02. The second kappa shape index (κ2) is 7.58. The van der Waals surface area contributed by atoms with Gasteiger partial charge < -0.3 is 4.84 Å². The Morgan fingerprint density at radius 1 is 0.857 bits per heavy atom. The van der Waals surface area contributed by atoms with Crippen LogP contribution in [0.2, 0.25) is 0 Å². The number of benzene rings is 2. The lowest BCUT2D eigenvalue weighted by molar-refractivity contribution is -0.0141. The van der Waals surface area contributed by atoms with Gasteiger partial charge in [-0.3, -0.25) is 0 Å². The van der Waals surface area contributed by atoms with E-state index in [1.165, 1.54) is 55.4 Å². The van der Waals surface area contributed by atoms with Crippen LogP contribution in [0.3, 0.4) is 0 Å². The van der Waals surface area contributed by atoms with Crippen molar-refractivity contribution in [3.05, 3.63) is 77.9 Å². The highest BCUT2D eigenvalue weighted by Crippen LogP contribution is 2.61. The Hall–Kier alpha value is -2.35. The molecule has 2 aromatic carbocycles. The van der Waals surface area contributed by atoms with Crippen molar-refractivity contribution in [3.8, 4) is 0 Å². The predicted molar refractivity (Wildman–Crippen MR) is 115 cm³/mol. The number of oxime groups is 1. The summed E-state index contributed by atoms with van der Waals surface area (Å²) in [6, 6.07) is 21.1. The minimum Gasteiger partial charge on any atom is -0.391 e. The molecule has 0 saturated heterocycles. The van der Waals surface area contributed by atoms with Crippen LogP contribution in [-0.4, -0.2) is 12.3 Å². The van der Waals surface area contributed by atoms with Gasteiger partial charge in [0.1, 0.15) is 6.61 Å². The van der Waals surface area contributed by atoms with Crippen molar-refractivity contribution in [2.75, 3.05) is 6.61 Å². The van der Waals surface area contributed by atoms with Gasteiger partial charge >= 0.3 is 0 Å². The van der Waals surface area contributed by atoms with E-state index < -0.39 is 0 Å². The SMILES string of the molecule is C(=C\c1ccccc1)/CO/N=C(\c1ccccc1)C12CC3CC(CC(C3)C1)C2. The van der Waals surface area contributed by atoms with E-state index in [4.69, 9.17) is 9.99 Å². The van der Waals surface area contributed by atoms with Gasteiger partial charge in [0.2, 0.25) is 0 Å². The summed E-state index contributed by atoms with van der Waals surface area (Å²) in [5, 5.41) is 4.78. The fraction of sp³-hybridized carbons (Fsp3) is 0.423. The molecular weight excluding hydrogens is 342 g/mol. The molecule has 0 radical (unpaired) electrons. The monoisotopic (exact) mass is 371 g/mol. The molecule has 2 nitrogen and oxygen atoms in total. The average Bonchev–Trinajstić information content (AvgIpc) is 2.71. The highest BCUT2D eigenvalue weighted by Gasteiger charge is 2.53. The fourth-order valence-electron chi connectivity index (χ4n) is 6.35. The first kappa shape index (κ1) is 17.7. The molecule has 4 fully saturated rings. The molecule has 0 N–H and O–H groups in total. The molecule has 0 aromatic heterocycles. The molecule has 0 spiro atoms. The van der Waals surface area contributed by atoms with Crippen LogP contribution in [0.1, 0.15) is 49.7 Å². The summed E-state index contributed by atoms with van der Waals surface area (Å²) in [6.07, 6.45) is 12.4. The standard InChI is InChI=1S/C26H29NO/c1-3-8-20(9-4-1)10-7-13-28-27-25(24-11-5-2-6-12-24)26-17-21-14-22(18-26)16-23(15-21)19-26/h1-12,21-23H,13-19H2/b10-7+,27-25+. The Morgan fingerprint density at radius 3 is 2.04 bits per heavy atom. The van der Waals surface area contributed by atoms with Crippen LogP contribution in [0.4, 0.5) is 0 Å². The molecule has 0 amide bonds. The maximum atomic E-state index is 5.86. The van der Waals surface area contributed by atoms with Crippen molar-refractivity contribution in [3.63, 3.8) is 0 Å². The van der Waals surface area contributed by atoms with E-state index in [0.717, 1.165) is 17.8 Å². The van der Waals surface area contributed by atoms with Crippen molar-refractivity contribution in [2.24, 2.45) is 28.3 Å². The topological polar surface area (TPSA) is 21.6 Å². The second-order valence-electron chi connectivity index (χ2n) is 9.11. The lowest BCUT2D eigenvalue weighted by Gasteiger charge is -2.56. The molecule has 0 unspecified atom stereocenters. The van der Waals surface area contributed by atoms with E-state index in [1.807, 2.05) is 6.07 Å². The lowest BCUT2D eigenvalue weighted by atomic mass is 9.48. The summed E-state index contributed by atoms with van der Waals surface area (Å²) >= 11 is 0. The fourth-order valence-corrected chi connectivity index (χ4v) is 6.35. The minimum absolute atomic E-state index is 0.235. The van der Waals surface area contributed by atoms with Gasteiger partial charge in [-0.1, -0.05) is 71.9 Å². The Bertz CT molecular complexity index is 817. The first-order valence-electron chi connectivity index (χ1n) is 10.8. The van der Waals surface area contributed by atoms with Crippen LogP contribution >= 0.6 is 0 Å². The van der Waals surface area contributed by atoms with Gasteiger partial charge in [0.15, 0.2) is 0 Å². The third kappa shape index (κ3) is 3.53. The van der Waals surface area contributed by atoms with Gasteiger partial charge in [-0.05, 0) is 73.5 Å². The van der Waals surface area contributed by atoms with Gasteiger partial charge in [-0.2, -0.15) is 0 Å². The molecule has 4 aliphatic rings. The van der Waals surface area contributed by atoms with Crippen LogP contribution in [0, 0.1) is 23.2 Å². The molecule has 4 aliphatic carbocycles. The molecule has 2 aromatic rings. The van der Waals surface area contributed by atoms with Crippen molar-refractivity contribution in [1.29, 1.82) is 0 Å². The molecule has 4 bridgehead atoms. The third-order valence-electron chi connectivity index (χ3n) is 7.02. The summed E-state index contributed by atoms with van der Waals surface area (Å²) in [4.78, 5) is 5.86. The van der Waals surface area contributed by atoms with E-state index in [1.54, 1.807) is 0 Å². The smallest absolute Gasteiger partial charge is 0.135 e. The Morgan fingerprint density at radius 2 is 1.43 bits per heavy atom. The van der Waals surface area contributed by atoms with E-state index in [-0.39, 0.29) is 5.41 Å². The zero-order valence-corrected chi connectivity index (χ0v) is 16.5. The van der Waals surface area contributed by atoms with Gasteiger partial charge in [0, 0.05) is 5.41 Å². The first-order valence-corrected chi connectivity index (χ1v) is 10.8. The number of rotatable bonds is 6. The molecule has 0 heterocycles. The molecule has 2 heteroatoms. The molecule has 0 aliphatic heterocycles. The normalized spacial score (nSPS) is 31.4. The minimum atomic E-state index is 0.235. The maximum Gasteiger partial charge on any atom is 0.135 e. The second-order valence-corrected chi connectivity index (χ2v) is 9.11. The molecule has 28 heavy (non-hydrogen) atoms. The molecule has 6 rings (SSSR count). The summed E-state index contributed by atoms with van der Waals surface area (Å²) < 4.78 is 0. The molecule has 0 atom stereocenters. The van der Waals surface area contributed by atoms with E-state index >= 15 is 0 Å². The van der Waals surface area contributed by atoms with E-state index in [0.29, 0.717) is 6.61 Å². The number of hydrogen-bond acceptors (Lipinski definition) is 2. The molecule has 4 saturated carbocycles. The highest BCUT2D eigenvalue weighted by atomic mass is 16.6.